The van der Waals surface area contributed by atoms with Gasteiger partial charge in [-0.1, -0.05) is 0 Å². The number of carbonyl (C=O) groups is 1. The van der Waals surface area contributed by atoms with Crippen LogP contribution in [0.25, 0.3) is 0 Å². The topological polar surface area (TPSA) is 57.3 Å². The molecule has 2 atom stereocenters. The second kappa shape index (κ2) is 5.17. The third kappa shape index (κ3) is 2.42. The van der Waals surface area contributed by atoms with E-state index in [4.69, 9.17) is 0 Å². The number of nitrogens with one attached hydrogen (secondary N) is 2. The molecule has 102 valence electrons. The Morgan fingerprint density at radius 2 is 2.21 bits per heavy atom. The third-order valence-electron chi connectivity index (χ3n) is 4.07. The number of pyridine rings is 1. The highest BCUT2D eigenvalue weighted by atomic mass is 16.1. The molecule has 5 heteroatoms. The molecule has 2 saturated heterocycles. The van der Waals surface area contributed by atoms with Gasteiger partial charge in [-0.15, -0.1) is 0 Å². The number of rotatable bonds is 3. The molecule has 2 fully saturated rings. The van der Waals surface area contributed by atoms with Crippen molar-refractivity contribution in [3.63, 3.8) is 0 Å². The van der Waals surface area contributed by atoms with Crippen molar-refractivity contribution in [3.8, 4) is 0 Å². The molecule has 3 rings (SSSR count). The van der Waals surface area contributed by atoms with E-state index >= 15 is 0 Å². The van der Waals surface area contributed by atoms with Crippen LogP contribution in [-0.2, 0) is 0 Å². The molecule has 1 amide bonds. The Morgan fingerprint density at radius 3 is 2.89 bits per heavy atom. The van der Waals surface area contributed by atoms with Crippen LogP contribution in [0.1, 0.15) is 17.4 Å². The van der Waals surface area contributed by atoms with E-state index in [-0.39, 0.29) is 5.91 Å². The number of hydrogen-bond acceptors (Lipinski definition) is 4. The van der Waals surface area contributed by atoms with Gasteiger partial charge in [-0.2, -0.15) is 0 Å². The van der Waals surface area contributed by atoms with Gasteiger partial charge in [-0.05, 0) is 30.9 Å². The van der Waals surface area contributed by atoms with E-state index in [9.17, 15) is 4.79 Å². The van der Waals surface area contributed by atoms with Crippen LogP contribution >= 0.6 is 0 Å². The molecule has 0 aliphatic carbocycles. The Labute approximate surface area is 113 Å². The van der Waals surface area contributed by atoms with Gasteiger partial charge in [0.25, 0.3) is 5.91 Å². The van der Waals surface area contributed by atoms with E-state index < -0.39 is 0 Å². The minimum atomic E-state index is -0.0922. The maximum Gasteiger partial charge on any atom is 0.269 e. The quantitative estimate of drug-likeness (QED) is 0.830. The molecule has 3 heterocycles. The summed E-state index contributed by atoms with van der Waals surface area (Å²) >= 11 is 0. The zero-order chi connectivity index (χ0) is 13.2. The molecule has 1 aromatic rings. The fourth-order valence-corrected chi connectivity index (χ4v) is 3.06. The number of carbonyl (C=O) groups excluding carboxylic acids is 1. The predicted molar refractivity (Wildman–Crippen MR) is 74.3 cm³/mol. The zero-order valence-electron chi connectivity index (χ0n) is 11.2. The van der Waals surface area contributed by atoms with Gasteiger partial charge < -0.3 is 15.5 Å². The van der Waals surface area contributed by atoms with Crippen molar-refractivity contribution < 1.29 is 4.79 Å². The molecule has 0 bridgehead atoms. The van der Waals surface area contributed by atoms with Crippen molar-refractivity contribution in [2.75, 3.05) is 37.6 Å². The van der Waals surface area contributed by atoms with Crippen LogP contribution in [0.4, 0.5) is 5.69 Å². The van der Waals surface area contributed by atoms with Crippen LogP contribution in [0.3, 0.4) is 0 Å². The van der Waals surface area contributed by atoms with E-state index in [1.807, 2.05) is 19.1 Å². The number of fused-ring (bicyclic) bond motifs is 1. The normalized spacial score (nSPS) is 25.4. The molecular formula is C14H20N4O. The van der Waals surface area contributed by atoms with Crippen LogP contribution in [0.5, 0.6) is 0 Å². The zero-order valence-corrected chi connectivity index (χ0v) is 11.2. The second-order valence-electron chi connectivity index (χ2n) is 5.34. The SMILES string of the molecule is CCNC(=O)c1cc(N2C[C@H]3CNC[C@H]3C2)ccn1. The minimum Gasteiger partial charge on any atom is -0.371 e. The molecule has 0 radical (unpaired) electrons. The van der Waals surface area contributed by atoms with Gasteiger partial charge in [-0.25, -0.2) is 0 Å². The van der Waals surface area contributed by atoms with E-state index in [0.29, 0.717) is 12.2 Å². The summed E-state index contributed by atoms with van der Waals surface area (Å²) in [4.78, 5) is 18.3. The Morgan fingerprint density at radius 1 is 1.47 bits per heavy atom. The Balaban J connectivity index is 1.75. The average Bonchev–Trinajstić information content (AvgIpc) is 3.00. The Kier molecular flexibility index (Phi) is 3.38. The summed E-state index contributed by atoms with van der Waals surface area (Å²) in [5.41, 5.74) is 1.63. The maximum atomic E-state index is 11.8. The van der Waals surface area contributed by atoms with Crippen LogP contribution in [0, 0.1) is 11.8 Å². The lowest BCUT2D eigenvalue weighted by Crippen LogP contribution is -2.27. The molecule has 5 nitrogen and oxygen atoms in total. The molecular weight excluding hydrogens is 240 g/mol. The van der Waals surface area contributed by atoms with E-state index in [1.54, 1.807) is 6.20 Å². The lowest BCUT2D eigenvalue weighted by molar-refractivity contribution is 0.0951. The third-order valence-corrected chi connectivity index (χ3v) is 4.07. The number of aromatic nitrogens is 1. The summed E-state index contributed by atoms with van der Waals surface area (Å²) in [5, 5.41) is 6.23. The van der Waals surface area contributed by atoms with Gasteiger partial charge in [0.1, 0.15) is 5.69 Å². The van der Waals surface area contributed by atoms with Gasteiger partial charge in [0.05, 0.1) is 0 Å². The summed E-state index contributed by atoms with van der Waals surface area (Å²) in [6, 6.07) is 3.90. The second-order valence-corrected chi connectivity index (χ2v) is 5.34. The van der Waals surface area contributed by atoms with Gasteiger partial charge in [0, 0.05) is 44.6 Å². The lowest BCUT2D eigenvalue weighted by Gasteiger charge is -2.20. The first kappa shape index (κ1) is 12.4. The molecule has 2 aliphatic rings. The van der Waals surface area contributed by atoms with Crippen molar-refractivity contribution in [2.45, 2.75) is 6.92 Å². The average molecular weight is 260 g/mol. The van der Waals surface area contributed by atoms with Crippen LogP contribution in [0.2, 0.25) is 0 Å². The van der Waals surface area contributed by atoms with E-state index in [0.717, 1.165) is 43.7 Å². The number of anilines is 1. The highest BCUT2D eigenvalue weighted by Crippen LogP contribution is 2.30. The van der Waals surface area contributed by atoms with Crippen molar-refractivity contribution in [2.24, 2.45) is 11.8 Å². The molecule has 0 unspecified atom stereocenters. The Bertz CT molecular complexity index is 464. The van der Waals surface area contributed by atoms with Gasteiger partial charge in [0.15, 0.2) is 0 Å². The summed E-state index contributed by atoms with van der Waals surface area (Å²) < 4.78 is 0. The highest BCUT2D eigenvalue weighted by molar-refractivity contribution is 5.93. The van der Waals surface area contributed by atoms with Crippen LogP contribution < -0.4 is 15.5 Å². The van der Waals surface area contributed by atoms with Crippen LogP contribution in [0.15, 0.2) is 18.3 Å². The van der Waals surface area contributed by atoms with E-state index in [1.165, 1.54) is 0 Å². The first-order chi connectivity index (χ1) is 9.28. The molecule has 2 N–H and O–H groups in total. The monoisotopic (exact) mass is 260 g/mol. The molecule has 1 aromatic heterocycles. The van der Waals surface area contributed by atoms with Crippen molar-refractivity contribution in [1.29, 1.82) is 0 Å². The fraction of sp³-hybridized carbons (Fsp3) is 0.571. The molecule has 0 saturated carbocycles. The first-order valence-corrected chi connectivity index (χ1v) is 6.98. The smallest absolute Gasteiger partial charge is 0.269 e. The molecule has 2 aliphatic heterocycles. The molecule has 19 heavy (non-hydrogen) atoms. The lowest BCUT2D eigenvalue weighted by atomic mass is 10.0. The van der Waals surface area contributed by atoms with E-state index in [2.05, 4.69) is 20.5 Å². The Hall–Kier alpha value is -1.62. The first-order valence-electron chi connectivity index (χ1n) is 6.98. The molecule has 0 spiro atoms. The highest BCUT2D eigenvalue weighted by Gasteiger charge is 2.36. The number of hydrogen-bond donors (Lipinski definition) is 2. The van der Waals surface area contributed by atoms with Crippen molar-refractivity contribution in [3.05, 3.63) is 24.0 Å². The summed E-state index contributed by atoms with van der Waals surface area (Å²) in [6.45, 7) is 6.94. The predicted octanol–water partition coefficient (Wildman–Crippen LogP) is 0.487. The standard InChI is InChI=1S/C14H20N4O/c1-2-16-14(19)13-5-12(3-4-17-13)18-8-10-6-15-7-11(10)9-18/h3-5,10-11,15H,2,6-9H2,1H3,(H,16,19)/t10-,11+. The van der Waals surface area contributed by atoms with Crippen molar-refractivity contribution in [1.82, 2.24) is 15.6 Å². The summed E-state index contributed by atoms with van der Waals surface area (Å²) in [7, 11) is 0. The van der Waals surface area contributed by atoms with Gasteiger partial charge in [-0.3, -0.25) is 9.78 Å². The maximum absolute atomic E-state index is 11.8. The number of nitrogens with zero attached hydrogens (tertiary/aromatic N) is 2. The molecule has 0 aromatic carbocycles. The number of amides is 1. The van der Waals surface area contributed by atoms with Gasteiger partial charge in [0.2, 0.25) is 0 Å². The fourth-order valence-electron chi connectivity index (χ4n) is 3.06. The largest absolute Gasteiger partial charge is 0.371 e. The summed E-state index contributed by atoms with van der Waals surface area (Å²) in [5.74, 6) is 1.41. The summed E-state index contributed by atoms with van der Waals surface area (Å²) in [6.07, 6.45) is 1.73. The van der Waals surface area contributed by atoms with Crippen molar-refractivity contribution >= 4 is 11.6 Å². The van der Waals surface area contributed by atoms with Gasteiger partial charge >= 0.3 is 0 Å². The van der Waals surface area contributed by atoms with Crippen LogP contribution in [-0.4, -0.2) is 43.6 Å². The minimum absolute atomic E-state index is 0.0922.